The summed E-state index contributed by atoms with van der Waals surface area (Å²) in [6, 6.07) is 9.93. The lowest BCUT2D eigenvalue weighted by Gasteiger charge is -2.11. The zero-order chi connectivity index (χ0) is 19.7. The van der Waals surface area contributed by atoms with Crippen molar-refractivity contribution in [2.24, 2.45) is 5.73 Å². The first-order chi connectivity index (χ1) is 13.6. The molecule has 140 valence electrons. The minimum Gasteiger partial charge on any atom is -0.495 e. The predicted octanol–water partition coefficient (Wildman–Crippen LogP) is 3.19. The topological polar surface area (TPSA) is 112 Å². The number of aromatic nitrogens is 3. The highest BCUT2D eigenvalue weighted by Gasteiger charge is 2.19. The lowest BCUT2D eigenvalue weighted by atomic mass is 10.1. The number of ketones is 1. The van der Waals surface area contributed by atoms with Gasteiger partial charge in [0.1, 0.15) is 5.75 Å². The molecule has 0 aliphatic rings. The van der Waals surface area contributed by atoms with Crippen molar-refractivity contribution in [2.45, 2.75) is 0 Å². The largest absolute Gasteiger partial charge is 0.495 e. The van der Waals surface area contributed by atoms with Gasteiger partial charge < -0.3 is 15.8 Å². The lowest BCUT2D eigenvalue weighted by molar-refractivity contribution is 0.104. The summed E-state index contributed by atoms with van der Waals surface area (Å²) in [7, 11) is 1.50. The van der Waals surface area contributed by atoms with Crippen LogP contribution in [-0.2, 0) is 0 Å². The monoisotopic (exact) mass is 393 g/mol. The van der Waals surface area contributed by atoms with Crippen LogP contribution in [-0.4, -0.2) is 33.5 Å². The van der Waals surface area contributed by atoms with E-state index in [2.05, 4.69) is 15.4 Å². The normalized spacial score (nSPS) is 10.8. The molecule has 0 bridgehead atoms. The molecular formula is C19H15N5O3S. The van der Waals surface area contributed by atoms with Crippen molar-refractivity contribution in [3.8, 4) is 17.0 Å². The number of nitrogens with one attached hydrogen (secondary N) is 1. The molecule has 0 unspecified atom stereocenters. The first kappa shape index (κ1) is 17.7. The van der Waals surface area contributed by atoms with E-state index in [-0.39, 0.29) is 5.78 Å². The number of methoxy groups -OCH3 is 1. The Morgan fingerprint density at radius 3 is 2.82 bits per heavy atom. The third kappa shape index (κ3) is 3.08. The molecule has 28 heavy (non-hydrogen) atoms. The second kappa shape index (κ2) is 7.12. The molecule has 4 aromatic rings. The molecule has 0 radical (unpaired) electrons. The van der Waals surface area contributed by atoms with Crippen LogP contribution in [0.2, 0.25) is 0 Å². The number of benzene rings is 1. The summed E-state index contributed by atoms with van der Waals surface area (Å²) in [4.78, 5) is 29.0. The number of nitrogens with two attached hydrogens (primary N) is 1. The molecule has 0 aliphatic carbocycles. The van der Waals surface area contributed by atoms with Crippen LogP contribution in [0.15, 0.2) is 54.2 Å². The van der Waals surface area contributed by atoms with Crippen LogP contribution in [0.1, 0.15) is 15.2 Å². The van der Waals surface area contributed by atoms with Gasteiger partial charge in [-0.05, 0) is 35.7 Å². The van der Waals surface area contributed by atoms with Crippen LogP contribution in [0.25, 0.3) is 16.9 Å². The number of carbonyl (C=O) groups is 2. The summed E-state index contributed by atoms with van der Waals surface area (Å²) in [5.41, 5.74) is 7.99. The number of nitrogens with zero attached hydrogens (tertiary/aromatic N) is 3. The number of fused-ring (bicyclic) bond motifs is 1. The van der Waals surface area contributed by atoms with Gasteiger partial charge in [0.05, 0.1) is 35.1 Å². The maximum atomic E-state index is 12.7. The van der Waals surface area contributed by atoms with Gasteiger partial charge in [0, 0.05) is 11.8 Å². The molecule has 1 aromatic carbocycles. The molecule has 0 atom stereocenters. The van der Waals surface area contributed by atoms with Gasteiger partial charge in [-0.1, -0.05) is 6.07 Å². The van der Waals surface area contributed by atoms with Gasteiger partial charge in [0.2, 0.25) is 5.78 Å². The first-order valence-electron chi connectivity index (χ1n) is 8.24. The Hall–Kier alpha value is -3.72. The maximum absolute atomic E-state index is 12.7. The fourth-order valence-corrected chi connectivity index (χ4v) is 3.59. The number of carbonyl (C=O) groups excluding carboxylic acids is 2. The van der Waals surface area contributed by atoms with E-state index in [1.165, 1.54) is 24.6 Å². The van der Waals surface area contributed by atoms with Crippen LogP contribution in [0, 0.1) is 0 Å². The molecule has 3 N–H and O–H groups in total. The van der Waals surface area contributed by atoms with Crippen molar-refractivity contribution in [1.82, 2.24) is 14.6 Å². The molecule has 0 saturated carbocycles. The molecule has 0 aliphatic heterocycles. The van der Waals surface area contributed by atoms with E-state index in [1.54, 1.807) is 35.0 Å². The summed E-state index contributed by atoms with van der Waals surface area (Å²) in [6.45, 7) is 0. The lowest BCUT2D eigenvalue weighted by Crippen LogP contribution is -2.19. The second-order valence-corrected chi connectivity index (χ2v) is 6.78. The fraction of sp³-hybridized carbons (Fsp3) is 0.0526. The van der Waals surface area contributed by atoms with Gasteiger partial charge in [-0.2, -0.15) is 5.10 Å². The number of rotatable bonds is 5. The van der Waals surface area contributed by atoms with Gasteiger partial charge in [0.15, 0.2) is 5.65 Å². The minimum absolute atomic E-state index is 0.125. The summed E-state index contributed by atoms with van der Waals surface area (Å²) in [5.74, 6) is 0.349. The zero-order valence-corrected chi connectivity index (χ0v) is 15.6. The Bertz CT molecular complexity index is 1180. The standard InChI is InChI=1S/C19H15N5O3S/c1-27-15-5-4-11(9-13(15)23-19(20)26)14-6-7-21-18-12(10-22-24(14)18)17(25)16-3-2-8-28-16/h2-10H,1H3,(H3,20,23,26). The average molecular weight is 393 g/mol. The number of primary amides is 1. The van der Waals surface area contributed by atoms with E-state index in [0.29, 0.717) is 33.2 Å². The van der Waals surface area contributed by atoms with Crippen molar-refractivity contribution in [3.63, 3.8) is 0 Å². The summed E-state index contributed by atoms with van der Waals surface area (Å²) < 4.78 is 6.85. The molecule has 2 amide bonds. The quantitative estimate of drug-likeness (QED) is 0.506. The maximum Gasteiger partial charge on any atom is 0.316 e. The van der Waals surface area contributed by atoms with Gasteiger partial charge in [-0.15, -0.1) is 11.3 Å². The number of urea groups is 1. The van der Waals surface area contributed by atoms with E-state index >= 15 is 0 Å². The Morgan fingerprint density at radius 1 is 1.25 bits per heavy atom. The third-order valence-electron chi connectivity index (χ3n) is 4.14. The molecular weight excluding hydrogens is 378 g/mol. The third-order valence-corrected chi connectivity index (χ3v) is 5.01. The summed E-state index contributed by atoms with van der Waals surface area (Å²) in [5, 5.41) is 8.74. The average Bonchev–Trinajstić information content (AvgIpc) is 3.36. The van der Waals surface area contributed by atoms with Gasteiger partial charge in [-0.3, -0.25) is 4.79 Å². The number of thiophene rings is 1. The Labute approximate surface area is 163 Å². The van der Waals surface area contributed by atoms with Crippen molar-refractivity contribution in [2.75, 3.05) is 12.4 Å². The van der Waals surface area contributed by atoms with E-state index in [0.717, 1.165) is 5.56 Å². The summed E-state index contributed by atoms with van der Waals surface area (Å²) >= 11 is 1.37. The van der Waals surface area contributed by atoms with Crippen molar-refractivity contribution < 1.29 is 14.3 Å². The van der Waals surface area contributed by atoms with Crippen molar-refractivity contribution >= 4 is 34.5 Å². The minimum atomic E-state index is -0.696. The van der Waals surface area contributed by atoms with Gasteiger partial charge in [-0.25, -0.2) is 14.3 Å². The molecule has 0 fully saturated rings. The number of hydrogen-bond acceptors (Lipinski definition) is 6. The Kier molecular flexibility index (Phi) is 4.50. The first-order valence-corrected chi connectivity index (χ1v) is 9.12. The number of amides is 2. The predicted molar refractivity (Wildman–Crippen MR) is 106 cm³/mol. The van der Waals surface area contributed by atoms with E-state index < -0.39 is 6.03 Å². The van der Waals surface area contributed by atoms with Crippen LogP contribution < -0.4 is 15.8 Å². The van der Waals surface area contributed by atoms with E-state index in [1.807, 2.05) is 17.5 Å². The Balaban J connectivity index is 1.82. The molecule has 0 saturated heterocycles. The van der Waals surface area contributed by atoms with Gasteiger partial charge >= 0.3 is 6.03 Å². The van der Waals surface area contributed by atoms with Crippen LogP contribution in [0.5, 0.6) is 5.75 Å². The highest BCUT2D eigenvalue weighted by Crippen LogP contribution is 2.31. The van der Waals surface area contributed by atoms with Crippen LogP contribution in [0.4, 0.5) is 10.5 Å². The van der Waals surface area contributed by atoms with E-state index in [9.17, 15) is 9.59 Å². The van der Waals surface area contributed by atoms with Gasteiger partial charge in [0.25, 0.3) is 0 Å². The van der Waals surface area contributed by atoms with E-state index in [4.69, 9.17) is 10.5 Å². The highest BCUT2D eigenvalue weighted by molar-refractivity contribution is 7.12. The molecule has 3 aromatic heterocycles. The smallest absolute Gasteiger partial charge is 0.316 e. The molecule has 4 rings (SSSR count). The van der Waals surface area contributed by atoms with Crippen molar-refractivity contribution in [1.29, 1.82) is 0 Å². The van der Waals surface area contributed by atoms with Crippen LogP contribution >= 0.6 is 11.3 Å². The molecule has 8 nitrogen and oxygen atoms in total. The second-order valence-electron chi connectivity index (χ2n) is 5.83. The number of anilines is 1. The van der Waals surface area contributed by atoms with Crippen molar-refractivity contribution in [3.05, 3.63) is 64.6 Å². The highest BCUT2D eigenvalue weighted by atomic mass is 32.1. The fourth-order valence-electron chi connectivity index (χ4n) is 2.91. The SMILES string of the molecule is COc1ccc(-c2ccnc3c(C(=O)c4cccs4)cnn23)cc1NC(N)=O. The number of ether oxygens (including phenoxy) is 1. The molecule has 0 spiro atoms. The number of hydrogen-bond donors (Lipinski definition) is 2. The molecule has 9 heteroatoms. The Morgan fingerprint density at radius 2 is 2.11 bits per heavy atom. The van der Waals surface area contributed by atoms with Crippen LogP contribution in [0.3, 0.4) is 0 Å². The zero-order valence-electron chi connectivity index (χ0n) is 14.7. The summed E-state index contributed by atoms with van der Waals surface area (Å²) in [6.07, 6.45) is 3.13. The molecule has 3 heterocycles.